The van der Waals surface area contributed by atoms with Crippen LogP contribution in [0.25, 0.3) is 10.8 Å². The molecule has 31 heavy (non-hydrogen) atoms. The molecule has 1 saturated heterocycles. The fraction of sp³-hybridized carbons (Fsp3) is 0.280. The summed E-state index contributed by atoms with van der Waals surface area (Å²) in [5.74, 6) is -0.526. The van der Waals surface area contributed by atoms with Crippen molar-refractivity contribution in [1.29, 1.82) is 0 Å². The van der Waals surface area contributed by atoms with Crippen molar-refractivity contribution >= 4 is 22.6 Å². The Kier molecular flexibility index (Phi) is 6.18. The molecule has 0 aliphatic carbocycles. The summed E-state index contributed by atoms with van der Waals surface area (Å²) in [6.45, 7) is 1.44. The molecule has 3 aromatic carbocycles. The van der Waals surface area contributed by atoms with Crippen LogP contribution < -0.4 is 5.32 Å². The van der Waals surface area contributed by atoms with E-state index in [2.05, 4.69) is 5.32 Å². The van der Waals surface area contributed by atoms with Gasteiger partial charge in [0.05, 0.1) is 12.2 Å². The zero-order valence-corrected chi connectivity index (χ0v) is 17.5. The minimum absolute atomic E-state index is 0.0368. The highest BCUT2D eigenvalue weighted by atomic mass is 16.5. The molecule has 4 rings (SSSR count). The number of hydrogen-bond acceptors (Lipinski definition) is 4. The van der Waals surface area contributed by atoms with Gasteiger partial charge >= 0.3 is 0 Å². The fourth-order valence-corrected chi connectivity index (χ4v) is 4.09. The summed E-state index contributed by atoms with van der Waals surface area (Å²) < 4.78 is 5.11. The Balaban J connectivity index is 1.45. The molecule has 1 fully saturated rings. The van der Waals surface area contributed by atoms with Crippen molar-refractivity contribution in [3.63, 3.8) is 0 Å². The molecule has 1 atom stereocenters. The van der Waals surface area contributed by atoms with Crippen LogP contribution in [-0.2, 0) is 22.7 Å². The van der Waals surface area contributed by atoms with Crippen molar-refractivity contribution < 1.29 is 19.4 Å². The first-order valence-corrected chi connectivity index (χ1v) is 10.4. The maximum absolute atomic E-state index is 13.2. The average Bonchev–Trinajstić information content (AvgIpc) is 3.29. The number of hydrogen-bond donors (Lipinski definition) is 2. The number of methoxy groups -OCH3 is 1. The summed E-state index contributed by atoms with van der Waals surface area (Å²) >= 11 is 0. The van der Waals surface area contributed by atoms with Crippen molar-refractivity contribution in [1.82, 2.24) is 10.2 Å². The standard InChI is InChI=1S/C25H26N2O4/c1-31-16-18-10-8-17(9-11-18)15-26-24(29)22-7-4-14-27(22)25(30)21-13-12-19-5-2-3-6-20(19)23(21)28/h2-3,5-6,8-13,22,28H,4,7,14-16H2,1H3,(H,26,29). The average molecular weight is 418 g/mol. The van der Waals surface area contributed by atoms with Gasteiger partial charge in [0.15, 0.2) is 0 Å². The number of nitrogens with zero attached hydrogens (tertiary/aromatic N) is 1. The van der Waals surface area contributed by atoms with Crippen molar-refractivity contribution in [2.45, 2.75) is 32.0 Å². The van der Waals surface area contributed by atoms with E-state index < -0.39 is 6.04 Å². The molecule has 1 unspecified atom stereocenters. The third-order valence-corrected chi connectivity index (χ3v) is 5.75. The van der Waals surface area contributed by atoms with E-state index in [9.17, 15) is 14.7 Å². The number of fused-ring (bicyclic) bond motifs is 1. The second-order valence-electron chi connectivity index (χ2n) is 7.81. The van der Waals surface area contributed by atoms with Gasteiger partial charge in [0, 0.05) is 25.6 Å². The number of benzene rings is 3. The van der Waals surface area contributed by atoms with Crippen LogP contribution in [0.2, 0.25) is 0 Å². The van der Waals surface area contributed by atoms with E-state index in [1.807, 2.05) is 48.5 Å². The van der Waals surface area contributed by atoms with Crippen molar-refractivity contribution in [2.75, 3.05) is 13.7 Å². The Morgan fingerprint density at radius 2 is 1.81 bits per heavy atom. The zero-order valence-electron chi connectivity index (χ0n) is 17.5. The highest BCUT2D eigenvalue weighted by Crippen LogP contribution is 2.31. The largest absolute Gasteiger partial charge is 0.506 e. The monoisotopic (exact) mass is 418 g/mol. The third-order valence-electron chi connectivity index (χ3n) is 5.75. The summed E-state index contributed by atoms with van der Waals surface area (Å²) in [6.07, 6.45) is 1.36. The molecule has 1 aliphatic rings. The Bertz CT molecular complexity index is 1090. The zero-order chi connectivity index (χ0) is 21.8. The molecule has 2 amide bonds. The summed E-state index contributed by atoms with van der Waals surface area (Å²) in [5, 5.41) is 15.1. The van der Waals surface area contributed by atoms with E-state index in [0.29, 0.717) is 31.5 Å². The van der Waals surface area contributed by atoms with Crippen LogP contribution in [0.4, 0.5) is 0 Å². The van der Waals surface area contributed by atoms with E-state index in [1.165, 1.54) is 0 Å². The van der Waals surface area contributed by atoms with Crippen molar-refractivity contribution in [2.24, 2.45) is 0 Å². The summed E-state index contributed by atoms with van der Waals surface area (Å²) in [7, 11) is 1.65. The third kappa shape index (κ3) is 4.39. The molecule has 3 aromatic rings. The first kappa shape index (κ1) is 20.9. The van der Waals surface area contributed by atoms with E-state index >= 15 is 0 Å². The lowest BCUT2D eigenvalue weighted by molar-refractivity contribution is -0.125. The van der Waals surface area contributed by atoms with Crippen molar-refractivity contribution in [3.05, 3.63) is 77.4 Å². The predicted molar refractivity (Wildman–Crippen MR) is 119 cm³/mol. The van der Waals surface area contributed by atoms with Gasteiger partial charge in [0.25, 0.3) is 5.91 Å². The van der Waals surface area contributed by atoms with E-state index in [4.69, 9.17) is 4.74 Å². The van der Waals surface area contributed by atoms with Gasteiger partial charge in [0.2, 0.25) is 5.91 Å². The van der Waals surface area contributed by atoms with Gasteiger partial charge in [-0.05, 0) is 35.4 Å². The molecule has 1 aliphatic heterocycles. The number of phenolic OH excluding ortho intramolecular Hbond substituents is 1. The Morgan fingerprint density at radius 1 is 1.06 bits per heavy atom. The predicted octanol–water partition coefficient (Wildman–Crippen LogP) is 3.61. The maximum atomic E-state index is 13.2. The van der Waals surface area contributed by atoms with Crippen LogP contribution >= 0.6 is 0 Å². The second-order valence-corrected chi connectivity index (χ2v) is 7.81. The summed E-state index contributed by atoms with van der Waals surface area (Å²) in [5.41, 5.74) is 2.28. The molecule has 1 heterocycles. The molecule has 6 heteroatoms. The minimum atomic E-state index is -0.536. The van der Waals surface area contributed by atoms with Crippen LogP contribution in [0.15, 0.2) is 60.7 Å². The summed E-state index contributed by atoms with van der Waals surface area (Å²) in [4.78, 5) is 27.6. The quantitative estimate of drug-likeness (QED) is 0.641. The lowest BCUT2D eigenvalue weighted by atomic mass is 10.0. The second kappa shape index (κ2) is 9.18. The lowest BCUT2D eigenvalue weighted by Gasteiger charge is -2.24. The maximum Gasteiger partial charge on any atom is 0.258 e. The van der Waals surface area contributed by atoms with Crippen LogP contribution in [0, 0.1) is 0 Å². The molecule has 0 spiro atoms. The van der Waals surface area contributed by atoms with Gasteiger partial charge < -0.3 is 20.1 Å². The molecule has 0 bridgehead atoms. The number of likely N-dealkylation sites (tertiary alicyclic amines) is 1. The molecule has 2 N–H and O–H groups in total. The smallest absolute Gasteiger partial charge is 0.258 e. The van der Waals surface area contributed by atoms with Crippen LogP contribution in [-0.4, -0.2) is 41.5 Å². The van der Waals surface area contributed by atoms with Crippen LogP contribution in [0.5, 0.6) is 5.75 Å². The van der Waals surface area contributed by atoms with E-state index in [0.717, 1.165) is 22.9 Å². The number of amides is 2. The number of ether oxygens (including phenoxy) is 1. The fourth-order valence-electron chi connectivity index (χ4n) is 4.09. The molecular formula is C25H26N2O4. The van der Waals surface area contributed by atoms with Gasteiger partial charge in [-0.1, -0.05) is 54.6 Å². The SMILES string of the molecule is COCc1ccc(CNC(=O)C2CCCN2C(=O)c2ccc3ccccc3c2O)cc1. The van der Waals surface area contributed by atoms with Gasteiger partial charge in [-0.2, -0.15) is 0 Å². The lowest BCUT2D eigenvalue weighted by Crippen LogP contribution is -2.45. The number of carbonyl (C=O) groups excluding carboxylic acids is 2. The molecule has 160 valence electrons. The molecule has 0 saturated carbocycles. The summed E-state index contributed by atoms with van der Waals surface area (Å²) in [6, 6.07) is 18.2. The first-order chi connectivity index (χ1) is 15.1. The first-order valence-electron chi connectivity index (χ1n) is 10.4. The number of phenols is 1. The number of nitrogens with one attached hydrogen (secondary N) is 1. The Hall–Kier alpha value is -3.38. The highest BCUT2D eigenvalue weighted by Gasteiger charge is 2.35. The topological polar surface area (TPSA) is 78.9 Å². The Morgan fingerprint density at radius 3 is 2.58 bits per heavy atom. The van der Waals surface area contributed by atoms with Gasteiger partial charge in [0.1, 0.15) is 11.8 Å². The highest BCUT2D eigenvalue weighted by molar-refractivity contribution is 6.05. The van der Waals surface area contributed by atoms with Gasteiger partial charge in [-0.25, -0.2) is 0 Å². The molecular weight excluding hydrogens is 392 g/mol. The van der Waals surface area contributed by atoms with Gasteiger partial charge in [-0.15, -0.1) is 0 Å². The molecule has 0 radical (unpaired) electrons. The number of rotatable bonds is 6. The molecule has 6 nitrogen and oxygen atoms in total. The number of carbonyl (C=O) groups is 2. The number of aromatic hydroxyl groups is 1. The normalized spacial score (nSPS) is 15.9. The molecule has 0 aromatic heterocycles. The van der Waals surface area contributed by atoms with Crippen LogP contribution in [0.3, 0.4) is 0 Å². The van der Waals surface area contributed by atoms with E-state index in [1.54, 1.807) is 24.1 Å². The minimum Gasteiger partial charge on any atom is -0.506 e. The van der Waals surface area contributed by atoms with E-state index in [-0.39, 0.29) is 23.1 Å². The van der Waals surface area contributed by atoms with Crippen molar-refractivity contribution in [3.8, 4) is 5.75 Å². The van der Waals surface area contributed by atoms with Crippen LogP contribution in [0.1, 0.15) is 34.3 Å². The Labute approximate surface area is 181 Å². The van der Waals surface area contributed by atoms with Gasteiger partial charge in [-0.3, -0.25) is 9.59 Å².